The van der Waals surface area contributed by atoms with Crippen LogP contribution in [0, 0.1) is 0 Å². The van der Waals surface area contributed by atoms with Crippen molar-refractivity contribution in [1.82, 2.24) is 30.9 Å². The molecule has 0 fully saturated rings. The molecule has 6 amide bonds. The van der Waals surface area contributed by atoms with Crippen molar-refractivity contribution < 1.29 is 28.8 Å². The highest BCUT2D eigenvalue weighted by molar-refractivity contribution is 6.22. The van der Waals surface area contributed by atoms with Crippen LogP contribution >= 0.6 is 0 Å². The predicted molar refractivity (Wildman–Crippen MR) is 148 cm³/mol. The second-order valence-corrected chi connectivity index (χ2v) is 8.40. The molecule has 9 N–H and O–H groups in total. The first-order valence-corrected chi connectivity index (χ1v) is 11.9. The van der Waals surface area contributed by atoms with Gasteiger partial charge in [-0.25, -0.2) is 0 Å². The Morgan fingerprint density at radius 2 is 0.524 bits per heavy atom. The first kappa shape index (κ1) is 28.5. The molecule has 3 aromatic carbocycles. The van der Waals surface area contributed by atoms with Crippen LogP contribution in [0.25, 0.3) is 0 Å². The summed E-state index contributed by atoms with van der Waals surface area (Å²) in [7, 11) is 0. The first-order valence-electron chi connectivity index (χ1n) is 11.9. The lowest BCUT2D eigenvalue weighted by Gasteiger charge is -1.93. The molecule has 0 radical (unpaired) electrons. The molecule has 4 heterocycles. The smallest absolute Gasteiger partial charge is 0.258 e. The van der Waals surface area contributed by atoms with Gasteiger partial charge in [0.15, 0.2) is 0 Å². The number of imide groups is 3. The fraction of sp³-hybridized carbons (Fsp3) is 0. The molecular formula is C27H21N9O6. The Morgan fingerprint density at radius 3 is 0.690 bits per heavy atom. The predicted octanol–water partition coefficient (Wildman–Crippen LogP) is 0.329. The molecule has 3 aliphatic heterocycles. The number of nitrogens with one attached hydrogen (secondary N) is 3. The van der Waals surface area contributed by atoms with Crippen LogP contribution in [0.1, 0.15) is 62.1 Å². The number of anilines is 3. The third kappa shape index (κ3) is 6.37. The van der Waals surface area contributed by atoms with Gasteiger partial charge in [-0.15, -0.1) is 0 Å². The zero-order chi connectivity index (χ0) is 30.4. The Bertz CT molecular complexity index is 1460. The number of carbonyl (C=O) groups is 6. The lowest BCUT2D eigenvalue weighted by atomic mass is 10.1. The topological polar surface area (TPSA) is 255 Å². The fourth-order valence-corrected chi connectivity index (χ4v) is 3.78. The van der Waals surface area contributed by atoms with Crippen molar-refractivity contribution in [3.63, 3.8) is 0 Å². The molecule has 0 saturated heterocycles. The summed E-state index contributed by atoms with van der Waals surface area (Å²) >= 11 is 0. The van der Waals surface area contributed by atoms with E-state index >= 15 is 0 Å². The number of carbonyl (C=O) groups excluding carboxylic acids is 6. The van der Waals surface area contributed by atoms with Gasteiger partial charge >= 0.3 is 0 Å². The zero-order valence-corrected chi connectivity index (χ0v) is 21.5. The minimum atomic E-state index is -0.300. The summed E-state index contributed by atoms with van der Waals surface area (Å²) in [5.41, 5.74) is 18.2. The van der Waals surface area contributed by atoms with Gasteiger partial charge < -0.3 is 17.2 Å². The third-order valence-electron chi connectivity index (χ3n) is 5.62. The van der Waals surface area contributed by atoms with Crippen molar-refractivity contribution in [1.29, 1.82) is 0 Å². The quantitative estimate of drug-likeness (QED) is 0.157. The number of hydrogen-bond donors (Lipinski definition) is 6. The Balaban J connectivity index is 0.000000129. The van der Waals surface area contributed by atoms with Gasteiger partial charge in [0.2, 0.25) is 17.8 Å². The van der Waals surface area contributed by atoms with Gasteiger partial charge in [-0.05, 0) is 36.4 Å². The molecule has 1 aromatic heterocycles. The highest BCUT2D eigenvalue weighted by Gasteiger charge is 2.26. The van der Waals surface area contributed by atoms with E-state index < -0.39 is 0 Å². The van der Waals surface area contributed by atoms with Crippen LogP contribution in [0.3, 0.4) is 0 Å². The number of nitrogens with zero attached hydrogens (tertiary/aromatic N) is 3. The maximum absolute atomic E-state index is 10.9. The van der Waals surface area contributed by atoms with Crippen LogP contribution < -0.4 is 33.2 Å². The highest BCUT2D eigenvalue weighted by Crippen LogP contribution is 2.15. The molecule has 0 saturated carbocycles. The molecule has 0 atom stereocenters. The average molecular weight is 568 g/mol. The number of amides is 6. The number of aromatic nitrogens is 3. The van der Waals surface area contributed by atoms with E-state index in [-0.39, 0.29) is 53.3 Å². The molecule has 3 aliphatic rings. The molecule has 0 unspecified atom stereocenters. The lowest BCUT2D eigenvalue weighted by molar-refractivity contribution is 0.0863. The Morgan fingerprint density at radius 1 is 0.357 bits per heavy atom. The number of nitrogen functional groups attached to an aromatic ring is 3. The molecule has 210 valence electrons. The SMILES string of the molecule is Nc1nc(N)nc(N)n1.O=C1NC(=O)c2ccccc21.O=C1NC(=O)c2ccccc21.O=C1NC(=O)c2ccccc21. The number of rotatable bonds is 0. The van der Waals surface area contributed by atoms with Gasteiger partial charge in [-0.1, -0.05) is 36.4 Å². The van der Waals surface area contributed by atoms with Gasteiger partial charge in [0.1, 0.15) is 0 Å². The summed E-state index contributed by atoms with van der Waals surface area (Å²) < 4.78 is 0. The molecule has 4 aromatic rings. The minimum Gasteiger partial charge on any atom is -0.368 e. The van der Waals surface area contributed by atoms with Crippen LogP contribution in [0.2, 0.25) is 0 Å². The molecular weight excluding hydrogens is 546 g/mol. The van der Waals surface area contributed by atoms with Crippen LogP contribution in [0.5, 0.6) is 0 Å². The maximum Gasteiger partial charge on any atom is 0.258 e. The normalized spacial score (nSPS) is 13.4. The average Bonchev–Trinajstić information content (AvgIpc) is 3.54. The van der Waals surface area contributed by atoms with E-state index in [1.165, 1.54) is 0 Å². The van der Waals surface area contributed by atoms with E-state index in [0.29, 0.717) is 33.4 Å². The number of hydrogen-bond acceptors (Lipinski definition) is 12. The van der Waals surface area contributed by atoms with Gasteiger partial charge in [0, 0.05) is 0 Å². The molecule has 0 aliphatic carbocycles. The molecule has 0 bridgehead atoms. The third-order valence-corrected chi connectivity index (χ3v) is 5.62. The summed E-state index contributed by atoms with van der Waals surface area (Å²) in [6, 6.07) is 20.2. The molecule has 7 rings (SSSR count). The number of benzene rings is 3. The second kappa shape index (κ2) is 12.1. The van der Waals surface area contributed by atoms with Crippen LogP contribution in [0.4, 0.5) is 17.8 Å². The van der Waals surface area contributed by atoms with Crippen LogP contribution in [0.15, 0.2) is 72.8 Å². The van der Waals surface area contributed by atoms with Crippen molar-refractivity contribution in [3.8, 4) is 0 Å². The van der Waals surface area contributed by atoms with Crippen molar-refractivity contribution in [2.24, 2.45) is 0 Å². The van der Waals surface area contributed by atoms with Gasteiger partial charge in [-0.3, -0.25) is 44.7 Å². The van der Waals surface area contributed by atoms with E-state index in [1.54, 1.807) is 72.8 Å². The molecule has 15 nitrogen and oxygen atoms in total. The van der Waals surface area contributed by atoms with Crippen LogP contribution in [-0.4, -0.2) is 50.4 Å². The van der Waals surface area contributed by atoms with Gasteiger partial charge in [0.05, 0.1) is 33.4 Å². The van der Waals surface area contributed by atoms with Crippen molar-refractivity contribution in [2.75, 3.05) is 17.2 Å². The number of nitrogens with two attached hydrogens (primary N) is 3. The molecule has 0 spiro atoms. The van der Waals surface area contributed by atoms with Gasteiger partial charge in [-0.2, -0.15) is 15.0 Å². The Hall–Kier alpha value is -6.51. The fourth-order valence-electron chi connectivity index (χ4n) is 3.78. The molecule has 15 heteroatoms. The van der Waals surface area contributed by atoms with E-state index in [2.05, 4.69) is 30.9 Å². The summed E-state index contributed by atoms with van der Waals surface area (Å²) in [5.74, 6) is -1.68. The van der Waals surface area contributed by atoms with Gasteiger partial charge in [0.25, 0.3) is 35.4 Å². The minimum absolute atomic E-state index is 0.0417. The second-order valence-electron chi connectivity index (χ2n) is 8.40. The standard InChI is InChI=1S/3C8H5NO2.C3H6N6/c3*10-7-5-3-1-2-4-6(5)8(11)9-7;4-1-7-2(5)9-3(6)8-1/h3*1-4H,(H,9,10,11);(H6,4,5,6,7,8,9). The summed E-state index contributed by atoms with van der Waals surface area (Å²) in [5, 5.41) is 6.61. The maximum atomic E-state index is 10.9. The van der Waals surface area contributed by atoms with E-state index in [1.807, 2.05) is 0 Å². The van der Waals surface area contributed by atoms with E-state index in [4.69, 9.17) is 17.2 Å². The summed E-state index contributed by atoms with van der Waals surface area (Å²) in [6.45, 7) is 0. The molecule has 42 heavy (non-hydrogen) atoms. The lowest BCUT2D eigenvalue weighted by Crippen LogP contribution is -2.19. The van der Waals surface area contributed by atoms with E-state index in [0.717, 1.165) is 0 Å². The largest absolute Gasteiger partial charge is 0.368 e. The van der Waals surface area contributed by atoms with E-state index in [9.17, 15) is 28.8 Å². The monoisotopic (exact) mass is 567 g/mol. The Labute approximate surface area is 236 Å². The number of fused-ring (bicyclic) bond motifs is 3. The van der Waals surface area contributed by atoms with Crippen molar-refractivity contribution in [2.45, 2.75) is 0 Å². The van der Waals surface area contributed by atoms with Crippen molar-refractivity contribution >= 4 is 53.3 Å². The van der Waals surface area contributed by atoms with Crippen LogP contribution in [-0.2, 0) is 0 Å². The summed E-state index contributed by atoms with van der Waals surface area (Å²) in [6.07, 6.45) is 0. The zero-order valence-electron chi connectivity index (χ0n) is 21.5. The first-order chi connectivity index (χ1) is 20.0. The Kier molecular flexibility index (Phi) is 8.22. The summed E-state index contributed by atoms with van der Waals surface area (Å²) in [4.78, 5) is 76.1. The van der Waals surface area contributed by atoms with Crippen molar-refractivity contribution in [3.05, 3.63) is 106 Å². The highest BCUT2D eigenvalue weighted by atomic mass is 16.2.